The molecule has 1 aliphatic carbocycles. The number of nitrogens with one attached hydrogen (secondary N) is 3. The second kappa shape index (κ2) is 10.5. The van der Waals surface area contributed by atoms with Crippen molar-refractivity contribution in [3.63, 3.8) is 0 Å². The largest absolute Gasteiger partial charge is 0.496 e. The van der Waals surface area contributed by atoms with Crippen molar-refractivity contribution in [2.45, 2.75) is 38.1 Å². The zero-order valence-electron chi connectivity index (χ0n) is 16.7. The number of hydrogen-bond donors (Lipinski definition) is 3. The quantitative estimate of drug-likeness (QED) is 0.532. The molecule has 0 bridgehead atoms. The van der Waals surface area contributed by atoms with Gasteiger partial charge in [-0.2, -0.15) is 0 Å². The molecule has 8 heteroatoms. The molecule has 158 valence electrons. The van der Waals surface area contributed by atoms with Crippen LogP contribution in [-0.2, 0) is 0 Å². The van der Waals surface area contributed by atoms with E-state index in [9.17, 15) is 9.59 Å². The minimum absolute atomic E-state index is 0.0939. The normalized spacial score (nSPS) is 13.9. The second-order valence-electron chi connectivity index (χ2n) is 7.15. The lowest BCUT2D eigenvalue weighted by Gasteiger charge is -2.22. The number of carbonyl (C=O) groups is 2. The third kappa shape index (κ3) is 6.03. The SMILES string of the molecule is COc1ccc(C(=O)NC(=S)Nc2cccc(C(=O)NC3CCCCC3)c2)cc1Br. The Morgan fingerprint density at radius 3 is 2.47 bits per heavy atom. The molecule has 0 saturated heterocycles. The molecule has 0 spiro atoms. The Kier molecular flexibility index (Phi) is 7.81. The molecule has 3 rings (SSSR count). The number of halogens is 1. The summed E-state index contributed by atoms with van der Waals surface area (Å²) < 4.78 is 5.84. The van der Waals surface area contributed by atoms with Crippen LogP contribution in [0.2, 0.25) is 0 Å². The third-order valence-corrected chi connectivity index (χ3v) is 5.79. The van der Waals surface area contributed by atoms with Gasteiger partial charge in [0.05, 0.1) is 11.6 Å². The molecule has 1 saturated carbocycles. The van der Waals surface area contributed by atoms with Gasteiger partial charge in [-0.25, -0.2) is 0 Å². The van der Waals surface area contributed by atoms with E-state index in [4.69, 9.17) is 17.0 Å². The zero-order valence-corrected chi connectivity index (χ0v) is 19.1. The van der Waals surface area contributed by atoms with E-state index in [1.807, 2.05) is 0 Å². The zero-order chi connectivity index (χ0) is 21.5. The van der Waals surface area contributed by atoms with Gasteiger partial charge < -0.3 is 15.4 Å². The van der Waals surface area contributed by atoms with Gasteiger partial charge in [0.15, 0.2) is 5.11 Å². The molecule has 1 aliphatic rings. The molecule has 0 aliphatic heterocycles. The number of carbonyl (C=O) groups excluding carboxylic acids is 2. The minimum atomic E-state index is -0.345. The highest BCUT2D eigenvalue weighted by atomic mass is 79.9. The summed E-state index contributed by atoms with van der Waals surface area (Å²) in [5.74, 6) is 0.196. The van der Waals surface area contributed by atoms with Crippen molar-refractivity contribution in [2.24, 2.45) is 0 Å². The van der Waals surface area contributed by atoms with Crippen molar-refractivity contribution < 1.29 is 14.3 Å². The van der Waals surface area contributed by atoms with Gasteiger partial charge in [-0.1, -0.05) is 25.3 Å². The Morgan fingerprint density at radius 1 is 1.03 bits per heavy atom. The van der Waals surface area contributed by atoms with E-state index in [0.717, 1.165) is 25.7 Å². The van der Waals surface area contributed by atoms with Gasteiger partial charge in [-0.15, -0.1) is 0 Å². The summed E-state index contributed by atoms with van der Waals surface area (Å²) in [5, 5.41) is 8.85. The molecule has 0 heterocycles. The van der Waals surface area contributed by atoms with Crippen LogP contribution in [0.25, 0.3) is 0 Å². The van der Waals surface area contributed by atoms with E-state index in [0.29, 0.717) is 27.0 Å². The molecule has 0 radical (unpaired) electrons. The highest BCUT2D eigenvalue weighted by Crippen LogP contribution is 2.25. The highest BCUT2D eigenvalue weighted by molar-refractivity contribution is 9.10. The molecule has 0 unspecified atom stereocenters. The fraction of sp³-hybridized carbons (Fsp3) is 0.318. The predicted octanol–water partition coefficient (Wildman–Crippen LogP) is 4.65. The first kappa shape index (κ1) is 22.2. The van der Waals surface area contributed by atoms with Crippen molar-refractivity contribution in [3.8, 4) is 5.75 Å². The molecular formula is C22H24BrN3O3S. The molecule has 3 N–H and O–H groups in total. The van der Waals surface area contributed by atoms with Gasteiger partial charge in [0.2, 0.25) is 0 Å². The molecule has 0 aromatic heterocycles. The van der Waals surface area contributed by atoms with E-state index in [1.165, 1.54) is 6.42 Å². The summed E-state index contributed by atoms with van der Waals surface area (Å²) in [6.07, 6.45) is 5.61. The Hall–Kier alpha value is -2.45. The predicted molar refractivity (Wildman–Crippen MR) is 125 cm³/mol. The maximum Gasteiger partial charge on any atom is 0.257 e. The fourth-order valence-corrected chi connectivity index (χ4v) is 4.15. The van der Waals surface area contributed by atoms with E-state index >= 15 is 0 Å². The van der Waals surface area contributed by atoms with Crippen molar-refractivity contribution in [2.75, 3.05) is 12.4 Å². The van der Waals surface area contributed by atoms with Crippen LogP contribution in [-0.4, -0.2) is 30.1 Å². The molecular weight excluding hydrogens is 466 g/mol. The number of rotatable bonds is 5. The van der Waals surface area contributed by atoms with Gasteiger partial charge in [0, 0.05) is 22.9 Å². The van der Waals surface area contributed by atoms with Gasteiger partial charge >= 0.3 is 0 Å². The van der Waals surface area contributed by atoms with Crippen LogP contribution >= 0.6 is 28.1 Å². The summed E-state index contributed by atoms with van der Waals surface area (Å²) in [4.78, 5) is 25.0. The van der Waals surface area contributed by atoms with Crippen LogP contribution in [0.5, 0.6) is 5.75 Å². The number of anilines is 1. The Morgan fingerprint density at radius 2 is 1.77 bits per heavy atom. The lowest BCUT2D eigenvalue weighted by molar-refractivity contribution is 0.0926. The summed E-state index contributed by atoms with van der Waals surface area (Å²) >= 11 is 8.61. The molecule has 0 atom stereocenters. The first-order valence-electron chi connectivity index (χ1n) is 9.83. The summed E-state index contributed by atoms with van der Waals surface area (Å²) in [6.45, 7) is 0. The Balaban J connectivity index is 1.58. The average molecular weight is 490 g/mol. The van der Waals surface area contributed by atoms with E-state index < -0.39 is 0 Å². The molecule has 30 heavy (non-hydrogen) atoms. The first-order valence-corrected chi connectivity index (χ1v) is 11.0. The summed E-state index contributed by atoms with van der Waals surface area (Å²) in [6, 6.07) is 12.3. The first-order chi connectivity index (χ1) is 14.5. The molecule has 2 aromatic rings. The Bertz CT molecular complexity index is 945. The van der Waals surface area contributed by atoms with E-state index in [2.05, 4.69) is 31.9 Å². The molecule has 2 amide bonds. The van der Waals surface area contributed by atoms with Gasteiger partial charge in [0.1, 0.15) is 5.75 Å². The molecule has 6 nitrogen and oxygen atoms in total. The number of methoxy groups -OCH3 is 1. The molecule has 2 aromatic carbocycles. The van der Waals surface area contributed by atoms with Gasteiger partial charge in [-0.3, -0.25) is 14.9 Å². The topological polar surface area (TPSA) is 79.5 Å². The minimum Gasteiger partial charge on any atom is -0.496 e. The smallest absolute Gasteiger partial charge is 0.257 e. The standard InChI is InChI=1S/C22H24BrN3O3S/c1-29-19-11-10-15(13-18(19)23)21(28)26-22(30)25-17-9-5-6-14(12-17)20(27)24-16-7-3-2-4-8-16/h5-6,9-13,16H,2-4,7-8H2,1H3,(H,24,27)(H2,25,26,28,30). The number of ether oxygens (including phenoxy) is 1. The monoisotopic (exact) mass is 489 g/mol. The third-order valence-electron chi connectivity index (χ3n) is 4.96. The number of hydrogen-bond acceptors (Lipinski definition) is 4. The van der Waals surface area contributed by atoms with Crippen LogP contribution in [0, 0.1) is 0 Å². The lowest BCUT2D eigenvalue weighted by atomic mass is 9.95. The molecule has 1 fully saturated rings. The number of benzene rings is 2. The van der Waals surface area contributed by atoms with Crippen LogP contribution in [0.4, 0.5) is 5.69 Å². The van der Waals surface area contributed by atoms with Crippen molar-refractivity contribution in [1.29, 1.82) is 0 Å². The number of amides is 2. The summed E-state index contributed by atoms with van der Waals surface area (Å²) in [7, 11) is 1.56. The maximum absolute atomic E-state index is 12.5. The lowest BCUT2D eigenvalue weighted by Crippen LogP contribution is -2.36. The van der Waals surface area contributed by atoms with Crippen LogP contribution in [0.3, 0.4) is 0 Å². The number of thiocarbonyl (C=S) groups is 1. The van der Waals surface area contributed by atoms with Crippen molar-refractivity contribution >= 4 is 50.8 Å². The highest BCUT2D eigenvalue weighted by Gasteiger charge is 2.17. The fourth-order valence-electron chi connectivity index (χ4n) is 3.40. The van der Waals surface area contributed by atoms with Crippen molar-refractivity contribution in [3.05, 3.63) is 58.1 Å². The Labute approximate surface area is 189 Å². The average Bonchev–Trinajstić information content (AvgIpc) is 2.74. The van der Waals surface area contributed by atoms with Crippen LogP contribution in [0.1, 0.15) is 52.8 Å². The second-order valence-corrected chi connectivity index (χ2v) is 8.41. The van der Waals surface area contributed by atoms with Gasteiger partial charge in [-0.05, 0) is 77.4 Å². The summed E-state index contributed by atoms with van der Waals surface area (Å²) in [5.41, 5.74) is 1.62. The maximum atomic E-state index is 12.5. The van der Waals surface area contributed by atoms with Crippen LogP contribution < -0.4 is 20.7 Å². The van der Waals surface area contributed by atoms with Gasteiger partial charge in [0.25, 0.3) is 11.8 Å². The van der Waals surface area contributed by atoms with E-state index in [1.54, 1.807) is 49.6 Å². The van der Waals surface area contributed by atoms with Crippen molar-refractivity contribution in [1.82, 2.24) is 10.6 Å². The van der Waals surface area contributed by atoms with Crippen LogP contribution in [0.15, 0.2) is 46.9 Å². The van der Waals surface area contributed by atoms with E-state index in [-0.39, 0.29) is 23.0 Å².